The first-order valence-corrected chi connectivity index (χ1v) is 9.10. The van der Waals surface area contributed by atoms with Crippen LogP contribution in [-0.4, -0.2) is 16.2 Å². The normalized spacial score (nSPS) is 10.5. The Morgan fingerprint density at radius 3 is 2.28 bits per heavy atom. The van der Waals surface area contributed by atoms with Gasteiger partial charge in [-0.25, -0.2) is 4.79 Å². The lowest BCUT2D eigenvalue weighted by atomic mass is 10.2. The number of carbonyl (C=O) groups excluding carboxylic acids is 1. The van der Waals surface area contributed by atoms with Gasteiger partial charge < -0.3 is 13.9 Å². The van der Waals surface area contributed by atoms with Crippen molar-refractivity contribution in [3.63, 3.8) is 0 Å². The Bertz CT molecular complexity index is 1080. The van der Waals surface area contributed by atoms with Crippen molar-refractivity contribution in [3.05, 3.63) is 102 Å². The van der Waals surface area contributed by atoms with Crippen LogP contribution < -0.4 is 4.74 Å². The van der Waals surface area contributed by atoms with Gasteiger partial charge in [-0.3, -0.25) is 0 Å². The molecule has 0 aliphatic carbocycles. The smallest absolute Gasteiger partial charge is 0.342 e. The van der Waals surface area contributed by atoms with E-state index in [0.29, 0.717) is 23.8 Å². The molecule has 0 amide bonds. The average molecular weight is 386 g/mol. The number of hydrogen-bond donors (Lipinski definition) is 0. The van der Waals surface area contributed by atoms with Gasteiger partial charge in [0.05, 0.1) is 0 Å². The van der Waals surface area contributed by atoms with E-state index in [1.807, 2.05) is 60.7 Å². The highest BCUT2D eigenvalue weighted by Crippen LogP contribution is 2.22. The summed E-state index contributed by atoms with van der Waals surface area (Å²) < 4.78 is 16.7. The summed E-state index contributed by atoms with van der Waals surface area (Å²) in [5.41, 5.74) is 2.15. The van der Waals surface area contributed by atoms with Crippen molar-refractivity contribution < 1.29 is 18.7 Å². The Kier molecular flexibility index (Phi) is 5.62. The molecule has 0 atom stereocenters. The largest absolute Gasteiger partial charge is 0.488 e. The van der Waals surface area contributed by atoms with Crippen molar-refractivity contribution in [2.75, 3.05) is 0 Å². The molecule has 0 saturated heterocycles. The molecule has 6 heteroatoms. The molecule has 0 aliphatic rings. The van der Waals surface area contributed by atoms with E-state index in [1.165, 1.54) is 0 Å². The van der Waals surface area contributed by atoms with Crippen LogP contribution in [0.25, 0.3) is 11.5 Å². The van der Waals surface area contributed by atoms with E-state index in [-0.39, 0.29) is 12.5 Å². The summed E-state index contributed by atoms with van der Waals surface area (Å²) in [6, 6.07) is 26.1. The molecule has 1 aromatic heterocycles. The third kappa shape index (κ3) is 4.68. The standard InChI is InChI=1S/C23H18N2O4/c26-23(28-16-21-24-25-22(29-21)18-11-5-2-6-12-18)19-13-7-8-14-20(19)27-15-17-9-3-1-4-10-17/h1-14H,15-16H2. The van der Waals surface area contributed by atoms with Gasteiger partial charge in [-0.15, -0.1) is 10.2 Å². The minimum Gasteiger partial charge on any atom is -0.488 e. The van der Waals surface area contributed by atoms with Crippen molar-refractivity contribution in [1.82, 2.24) is 10.2 Å². The molecule has 144 valence electrons. The van der Waals surface area contributed by atoms with Gasteiger partial charge in [-0.1, -0.05) is 60.7 Å². The van der Waals surface area contributed by atoms with Crippen LogP contribution in [-0.2, 0) is 18.0 Å². The zero-order valence-corrected chi connectivity index (χ0v) is 15.5. The number of ether oxygens (including phenoxy) is 2. The highest BCUT2D eigenvalue weighted by molar-refractivity contribution is 5.92. The van der Waals surface area contributed by atoms with Crippen LogP contribution in [0.2, 0.25) is 0 Å². The molecule has 0 aliphatic heterocycles. The van der Waals surface area contributed by atoms with Crippen LogP contribution in [0.5, 0.6) is 5.75 Å². The molecule has 6 nitrogen and oxygen atoms in total. The first-order chi connectivity index (χ1) is 14.3. The average Bonchev–Trinajstić information content (AvgIpc) is 3.27. The summed E-state index contributed by atoms with van der Waals surface area (Å²) in [7, 11) is 0. The summed E-state index contributed by atoms with van der Waals surface area (Å²) in [6.07, 6.45) is 0. The third-order valence-corrected chi connectivity index (χ3v) is 4.16. The SMILES string of the molecule is O=C(OCc1nnc(-c2ccccc2)o1)c1ccccc1OCc1ccccc1. The Morgan fingerprint density at radius 2 is 1.48 bits per heavy atom. The van der Waals surface area contributed by atoms with Crippen LogP contribution in [0.15, 0.2) is 89.3 Å². The summed E-state index contributed by atoms with van der Waals surface area (Å²) in [6.45, 7) is 0.237. The molecule has 0 bridgehead atoms. The molecular formula is C23H18N2O4. The van der Waals surface area contributed by atoms with E-state index < -0.39 is 5.97 Å². The Hall–Kier alpha value is -3.93. The maximum Gasteiger partial charge on any atom is 0.342 e. The second-order valence-electron chi connectivity index (χ2n) is 6.21. The predicted octanol–water partition coefficient (Wildman–Crippen LogP) is 4.67. The molecule has 29 heavy (non-hydrogen) atoms. The number of rotatable bonds is 7. The minimum atomic E-state index is -0.520. The number of esters is 1. The lowest BCUT2D eigenvalue weighted by Gasteiger charge is -2.10. The molecule has 3 aromatic carbocycles. The molecule has 0 saturated carbocycles. The van der Waals surface area contributed by atoms with Crippen molar-refractivity contribution in [3.8, 4) is 17.2 Å². The second-order valence-corrected chi connectivity index (χ2v) is 6.21. The fraction of sp³-hybridized carbons (Fsp3) is 0.0870. The van der Waals surface area contributed by atoms with E-state index in [1.54, 1.807) is 24.3 Å². The van der Waals surface area contributed by atoms with Crippen LogP contribution >= 0.6 is 0 Å². The third-order valence-electron chi connectivity index (χ3n) is 4.16. The monoisotopic (exact) mass is 386 g/mol. The molecule has 0 fully saturated rings. The Balaban J connectivity index is 1.39. The lowest BCUT2D eigenvalue weighted by molar-refractivity contribution is 0.0433. The number of hydrogen-bond acceptors (Lipinski definition) is 6. The number of nitrogens with zero attached hydrogens (tertiary/aromatic N) is 2. The van der Waals surface area contributed by atoms with Gasteiger partial charge in [0.15, 0.2) is 6.61 Å². The van der Waals surface area contributed by atoms with Crippen LogP contribution in [0.4, 0.5) is 0 Å². The summed E-state index contributed by atoms with van der Waals surface area (Å²) in [5.74, 6) is 0.535. The highest BCUT2D eigenvalue weighted by atomic mass is 16.5. The first-order valence-electron chi connectivity index (χ1n) is 9.10. The van der Waals surface area contributed by atoms with E-state index in [0.717, 1.165) is 11.1 Å². The molecule has 0 N–H and O–H groups in total. The van der Waals surface area contributed by atoms with Gasteiger partial charge in [0.1, 0.15) is 17.9 Å². The van der Waals surface area contributed by atoms with Crippen molar-refractivity contribution in [1.29, 1.82) is 0 Å². The van der Waals surface area contributed by atoms with Gasteiger partial charge in [0.2, 0.25) is 5.89 Å². The number of para-hydroxylation sites is 1. The number of benzene rings is 3. The van der Waals surface area contributed by atoms with Gasteiger partial charge in [-0.2, -0.15) is 0 Å². The zero-order chi connectivity index (χ0) is 19.9. The van der Waals surface area contributed by atoms with E-state index >= 15 is 0 Å². The highest BCUT2D eigenvalue weighted by Gasteiger charge is 2.16. The fourth-order valence-corrected chi connectivity index (χ4v) is 2.71. The minimum absolute atomic E-state index is 0.119. The fourth-order valence-electron chi connectivity index (χ4n) is 2.71. The summed E-state index contributed by atoms with van der Waals surface area (Å²) in [4.78, 5) is 12.5. The summed E-state index contributed by atoms with van der Waals surface area (Å²) in [5, 5.41) is 7.92. The number of carbonyl (C=O) groups is 1. The Labute approximate surface area is 167 Å². The quantitative estimate of drug-likeness (QED) is 0.430. The molecule has 4 aromatic rings. The molecule has 4 rings (SSSR count). The van der Waals surface area contributed by atoms with Gasteiger partial charge in [-0.05, 0) is 29.8 Å². The predicted molar refractivity (Wildman–Crippen MR) is 106 cm³/mol. The maximum atomic E-state index is 12.5. The van der Waals surface area contributed by atoms with Crippen molar-refractivity contribution in [2.24, 2.45) is 0 Å². The van der Waals surface area contributed by atoms with E-state index in [2.05, 4.69) is 10.2 Å². The topological polar surface area (TPSA) is 74.5 Å². The molecule has 1 heterocycles. The Morgan fingerprint density at radius 1 is 0.793 bits per heavy atom. The first kappa shape index (κ1) is 18.4. The molecule has 0 spiro atoms. The van der Waals surface area contributed by atoms with Gasteiger partial charge in [0.25, 0.3) is 5.89 Å². The van der Waals surface area contributed by atoms with Gasteiger partial charge in [0, 0.05) is 5.56 Å². The van der Waals surface area contributed by atoms with E-state index in [9.17, 15) is 4.79 Å². The summed E-state index contributed by atoms with van der Waals surface area (Å²) >= 11 is 0. The van der Waals surface area contributed by atoms with E-state index in [4.69, 9.17) is 13.9 Å². The molecule has 0 unspecified atom stereocenters. The zero-order valence-electron chi connectivity index (χ0n) is 15.5. The van der Waals surface area contributed by atoms with Crippen LogP contribution in [0, 0.1) is 0 Å². The van der Waals surface area contributed by atoms with Crippen molar-refractivity contribution in [2.45, 2.75) is 13.2 Å². The second kappa shape index (κ2) is 8.84. The van der Waals surface area contributed by atoms with Crippen LogP contribution in [0.1, 0.15) is 21.8 Å². The van der Waals surface area contributed by atoms with Crippen molar-refractivity contribution >= 4 is 5.97 Å². The van der Waals surface area contributed by atoms with Gasteiger partial charge >= 0.3 is 5.97 Å². The molecular weight excluding hydrogens is 368 g/mol. The molecule has 0 radical (unpaired) electrons. The van der Waals surface area contributed by atoms with Crippen LogP contribution in [0.3, 0.4) is 0 Å². The lowest BCUT2D eigenvalue weighted by Crippen LogP contribution is -2.08. The maximum absolute atomic E-state index is 12.5. The number of aromatic nitrogens is 2.